The standard InChI is InChI=1S/C25H23FN4O6/c1-13-9-15(30(34)35)6-8-16(13)21-18(11-27)29-22(24(32)33)20(21)14-5-7-17(19(10-14)36-4)23(31)28-12-25(2,3)26/h5-10,29H,12H2,1-4H3,(H,28,31)(H,32,33). The number of aryl methyl sites for hydroxylation is 1. The van der Waals surface area contributed by atoms with E-state index in [2.05, 4.69) is 10.3 Å². The van der Waals surface area contributed by atoms with E-state index in [0.29, 0.717) is 16.7 Å². The third kappa shape index (κ3) is 5.17. The van der Waals surface area contributed by atoms with Gasteiger partial charge in [0.2, 0.25) is 0 Å². The molecule has 3 N–H and O–H groups in total. The summed E-state index contributed by atoms with van der Waals surface area (Å²) < 4.78 is 19.2. The Morgan fingerprint density at radius 2 is 1.94 bits per heavy atom. The summed E-state index contributed by atoms with van der Waals surface area (Å²) in [7, 11) is 1.33. The summed E-state index contributed by atoms with van der Waals surface area (Å²) in [6.45, 7) is 4.02. The quantitative estimate of drug-likeness (QED) is 0.304. The number of nitriles is 1. The van der Waals surface area contributed by atoms with Crippen molar-refractivity contribution < 1.29 is 28.7 Å². The number of hydrogen-bond acceptors (Lipinski definition) is 6. The van der Waals surface area contributed by atoms with Crippen LogP contribution in [-0.2, 0) is 0 Å². The molecule has 2 aromatic carbocycles. The SMILES string of the molecule is COc1cc(-c2c(C(=O)O)[nH]c(C#N)c2-c2ccc([N+](=O)[O-])cc2C)ccc1C(=O)NCC(C)(C)F. The normalized spacial score (nSPS) is 11.0. The van der Waals surface area contributed by atoms with E-state index in [9.17, 15) is 34.5 Å². The van der Waals surface area contributed by atoms with Gasteiger partial charge in [0.1, 0.15) is 28.9 Å². The lowest BCUT2D eigenvalue weighted by Gasteiger charge is -2.16. The Hall–Kier alpha value is -4.72. The van der Waals surface area contributed by atoms with Crippen molar-refractivity contribution in [3.63, 3.8) is 0 Å². The first-order valence-corrected chi connectivity index (χ1v) is 10.7. The number of rotatable bonds is 8. The van der Waals surface area contributed by atoms with Crippen molar-refractivity contribution in [1.29, 1.82) is 5.26 Å². The lowest BCUT2D eigenvalue weighted by atomic mass is 9.91. The van der Waals surface area contributed by atoms with E-state index >= 15 is 0 Å². The maximum atomic E-state index is 13.8. The van der Waals surface area contributed by atoms with E-state index in [0.717, 1.165) is 0 Å². The number of aromatic carboxylic acids is 1. The first kappa shape index (κ1) is 25.9. The van der Waals surface area contributed by atoms with Crippen molar-refractivity contribution in [2.45, 2.75) is 26.4 Å². The van der Waals surface area contributed by atoms with Crippen LogP contribution in [0.2, 0.25) is 0 Å². The molecule has 11 heteroatoms. The van der Waals surface area contributed by atoms with E-state index < -0.39 is 22.5 Å². The van der Waals surface area contributed by atoms with Crippen molar-refractivity contribution in [2.75, 3.05) is 13.7 Å². The third-order valence-corrected chi connectivity index (χ3v) is 5.42. The molecule has 0 spiro atoms. The van der Waals surface area contributed by atoms with Crippen molar-refractivity contribution >= 4 is 17.6 Å². The first-order chi connectivity index (χ1) is 16.9. The fourth-order valence-electron chi connectivity index (χ4n) is 3.76. The molecule has 0 saturated heterocycles. The number of nitro benzene ring substituents is 1. The molecule has 0 saturated carbocycles. The fraction of sp³-hybridized carbons (Fsp3) is 0.240. The molecular weight excluding hydrogens is 471 g/mol. The second kappa shape index (κ2) is 9.87. The second-order valence-electron chi connectivity index (χ2n) is 8.61. The van der Waals surface area contributed by atoms with E-state index in [4.69, 9.17) is 4.74 Å². The Labute approximate surface area is 205 Å². The summed E-state index contributed by atoms with van der Waals surface area (Å²) in [5.74, 6) is -1.82. The summed E-state index contributed by atoms with van der Waals surface area (Å²) in [4.78, 5) is 37.9. The summed E-state index contributed by atoms with van der Waals surface area (Å²) in [5, 5.41) is 33.2. The predicted molar refractivity (Wildman–Crippen MR) is 129 cm³/mol. The number of hydrogen-bond donors (Lipinski definition) is 3. The Morgan fingerprint density at radius 1 is 1.25 bits per heavy atom. The molecule has 0 atom stereocenters. The van der Waals surface area contributed by atoms with E-state index in [1.54, 1.807) is 6.92 Å². The first-order valence-electron chi connectivity index (χ1n) is 10.7. The molecule has 36 heavy (non-hydrogen) atoms. The smallest absolute Gasteiger partial charge is 0.353 e. The Balaban J connectivity index is 2.22. The molecule has 0 aliphatic carbocycles. The molecule has 1 amide bonds. The number of nitrogens with zero attached hydrogens (tertiary/aromatic N) is 2. The van der Waals surface area contributed by atoms with Crippen LogP contribution in [0.4, 0.5) is 10.1 Å². The van der Waals surface area contributed by atoms with Gasteiger partial charge in [-0.3, -0.25) is 14.9 Å². The molecule has 1 aromatic heterocycles. The molecule has 0 bridgehead atoms. The van der Waals surface area contributed by atoms with Gasteiger partial charge in [-0.1, -0.05) is 6.07 Å². The largest absolute Gasteiger partial charge is 0.496 e. The summed E-state index contributed by atoms with van der Waals surface area (Å²) in [5.41, 5.74) is -0.441. The van der Waals surface area contributed by atoms with Crippen LogP contribution < -0.4 is 10.1 Å². The topological polar surface area (TPSA) is 158 Å². The molecule has 186 valence electrons. The number of aromatic amines is 1. The minimum Gasteiger partial charge on any atom is -0.496 e. The van der Waals surface area contributed by atoms with Gasteiger partial charge in [0.25, 0.3) is 11.6 Å². The van der Waals surface area contributed by atoms with Crippen LogP contribution >= 0.6 is 0 Å². The van der Waals surface area contributed by atoms with Crippen molar-refractivity contribution in [3.05, 3.63) is 69.0 Å². The van der Waals surface area contributed by atoms with Gasteiger partial charge < -0.3 is 20.1 Å². The zero-order chi connectivity index (χ0) is 26.8. The molecule has 0 unspecified atom stereocenters. The van der Waals surface area contributed by atoms with Gasteiger partial charge in [0.05, 0.1) is 24.1 Å². The van der Waals surface area contributed by atoms with Crippen LogP contribution in [0.5, 0.6) is 5.75 Å². The summed E-state index contributed by atoms with van der Waals surface area (Å²) >= 11 is 0. The van der Waals surface area contributed by atoms with Crippen LogP contribution in [0.3, 0.4) is 0 Å². The van der Waals surface area contributed by atoms with Gasteiger partial charge in [-0.15, -0.1) is 0 Å². The molecule has 0 aliphatic rings. The van der Waals surface area contributed by atoms with Gasteiger partial charge in [0.15, 0.2) is 0 Å². The number of carbonyl (C=O) groups is 2. The highest BCUT2D eigenvalue weighted by Crippen LogP contribution is 2.41. The molecule has 10 nitrogen and oxygen atoms in total. The summed E-state index contributed by atoms with van der Waals surface area (Å²) in [6, 6.07) is 10.3. The van der Waals surface area contributed by atoms with Gasteiger partial charge in [-0.2, -0.15) is 5.26 Å². The van der Waals surface area contributed by atoms with Crippen LogP contribution in [0, 0.1) is 28.4 Å². The lowest BCUT2D eigenvalue weighted by molar-refractivity contribution is -0.384. The minimum absolute atomic E-state index is 0.0506. The van der Waals surface area contributed by atoms with Crippen LogP contribution in [0.1, 0.15) is 46.0 Å². The molecular formula is C25H23FN4O6. The van der Waals surface area contributed by atoms with E-state index in [1.807, 2.05) is 6.07 Å². The van der Waals surface area contributed by atoms with Crippen molar-refractivity contribution in [3.8, 4) is 34.1 Å². The van der Waals surface area contributed by atoms with Gasteiger partial charge in [-0.05, 0) is 55.7 Å². The number of carbonyl (C=O) groups excluding carboxylic acids is 1. The molecule has 0 aliphatic heterocycles. The van der Waals surface area contributed by atoms with Crippen molar-refractivity contribution in [2.24, 2.45) is 0 Å². The number of carboxylic acid groups (broad SMARTS) is 1. The number of aromatic nitrogens is 1. The number of carboxylic acids is 1. The van der Waals surface area contributed by atoms with Gasteiger partial charge in [0, 0.05) is 23.3 Å². The number of methoxy groups -OCH3 is 1. The fourth-order valence-corrected chi connectivity index (χ4v) is 3.76. The zero-order valence-corrected chi connectivity index (χ0v) is 19.9. The average Bonchev–Trinajstić information content (AvgIpc) is 3.21. The highest BCUT2D eigenvalue weighted by atomic mass is 19.1. The Bertz CT molecular complexity index is 1420. The maximum Gasteiger partial charge on any atom is 0.353 e. The molecule has 3 rings (SSSR count). The Morgan fingerprint density at radius 3 is 2.47 bits per heavy atom. The van der Waals surface area contributed by atoms with Crippen molar-refractivity contribution in [1.82, 2.24) is 10.3 Å². The number of non-ortho nitro benzene ring substituents is 1. The lowest BCUT2D eigenvalue weighted by Crippen LogP contribution is -2.35. The zero-order valence-electron chi connectivity index (χ0n) is 19.9. The molecule has 0 radical (unpaired) electrons. The number of H-pyrrole nitrogens is 1. The third-order valence-electron chi connectivity index (χ3n) is 5.42. The van der Waals surface area contributed by atoms with Crippen LogP contribution in [-0.4, -0.2) is 46.2 Å². The van der Waals surface area contributed by atoms with Gasteiger partial charge in [-0.25, -0.2) is 9.18 Å². The highest BCUT2D eigenvalue weighted by Gasteiger charge is 2.27. The number of amides is 1. The number of halogens is 1. The second-order valence-corrected chi connectivity index (χ2v) is 8.61. The van der Waals surface area contributed by atoms with Crippen LogP contribution in [0.25, 0.3) is 22.3 Å². The maximum absolute atomic E-state index is 13.8. The summed E-state index contributed by atoms with van der Waals surface area (Å²) in [6.07, 6.45) is 0. The predicted octanol–water partition coefficient (Wildman–Crippen LogP) is 4.62. The van der Waals surface area contributed by atoms with Gasteiger partial charge >= 0.3 is 5.97 Å². The van der Waals surface area contributed by atoms with E-state index in [1.165, 1.54) is 57.4 Å². The van der Waals surface area contributed by atoms with E-state index in [-0.39, 0.29) is 46.1 Å². The minimum atomic E-state index is -1.63. The molecule has 3 aromatic rings. The van der Waals surface area contributed by atoms with Crippen LogP contribution in [0.15, 0.2) is 36.4 Å². The Kier molecular flexibility index (Phi) is 7.10. The monoisotopic (exact) mass is 494 g/mol. The number of nitro groups is 1. The molecule has 1 heterocycles. The molecule has 0 fully saturated rings. The number of ether oxygens (including phenoxy) is 1. The highest BCUT2D eigenvalue weighted by molar-refractivity contribution is 6.04. The number of benzene rings is 2. The average molecular weight is 494 g/mol. The number of nitrogens with one attached hydrogen (secondary N) is 2. The number of alkyl halides is 1.